The number of anilines is 1. The molecule has 0 saturated carbocycles. The Kier molecular flexibility index (Phi) is 7.06. The lowest BCUT2D eigenvalue weighted by atomic mass is 10.1. The lowest BCUT2D eigenvalue weighted by molar-refractivity contribution is 0.0600. The van der Waals surface area contributed by atoms with Crippen LogP contribution in [0.1, 0.15) is 51.8 Å². The van der Waals surface area contributed by atoms with Gasteiger partial charge < -0.3 is 15.4 Å². The Bertz CT molecular complexity index is 951. The molecule has 2 rings (SSSR count). The van der Waals surface area contributed by atoms with Gasteiger partial charge in [0.15, 0.2) is 5.11 Å². The van der Waals surface area contributed by atoms with E-state index in [0.29, 0.717) is 11.3 Å². The van der Waals surface area contributed by atoms with Crippen LogP contribution >= 0.6 is 12.2 Å². The fourth-order valence-corrected chi connectivity index (χ4v) is 2.63. The van der Waals surface area contributed by atoms with E-state index in [0.717, 1.165) is 0 Å². The van der Waals surface area contributed by atoms with Gasteiger partial charge in [0.05, 0.1) is 23.9 Å². The van der Waals surface area contributed by atoms with Gasteiger partial charge in [-0.05, 0) is 63.3 Å². The van der Waals surface area contributed by atoms with E-state index < -0.39 is 17.4 Å². The fourth-order valence-electron chi connectivity index (χ4n) is 2.43. The van der Waals surface area contributed by atoms with E-state index in [1.807, 2.05) is 20.8 Å². The third kappa shape index (κ3) is 6.39. The average Bonchev–Trinajstić information content (AvgIpc) is 2.66. The van der Waals surface area contributed by atoms with E-state index in [4.69, 9.17) is 12.2 Å². The van der Waals surface area contributed by atoms with Crippen LogP contribution in [0.2, 0.25) is 0 Å². The first-order valence-corrected chi connectivity index (χ1v) is 9.24. The Morgan fingerprint density at radius 1 is 0.931 bits per heavy atom. The first kappa shape index (κ1) is 22.0. The number of benzene rings is 2. The molecule has 2 amide bonds. The topological polar surface area (TPSA) is 96.5 Å². The number of para-hydroxylation sites is 1. The van der Waals surface area contributed by atoms with Gasteiger partial charge >= 0.3 is 5.97 Å². The zero-order chi connectivity index (χ0) is 21.6. The zero-order valence-electron chi connectivity index (χ0n) is 16.7. The number of methoxy groups -OCH3 is 1. The highest BCUT2D eigenvalue weighted by Crippen LogP contribution is 2.16. The summed E-state index contributed by atoms with van der Waals surface area (Å²) in [5.41, 5.74) is 0.956. The van der Waals surface area contributed by atoms with E-state index in [1.54, 1.807) is 42.5 Å². The summed E-state index contributed by atoms with van der Waals surface area (Å²) in [6, 6.07) is 12.9. The van der Waals surface area contributed by atoms with Crippen LogP contribution in [0.25, 0.3) is 0 Å². The van der Waals surface area contributed by atoms with Crippen LogP contribution in [0.5, 0.6) is 0 Å². The summed E-state index contributed by atoms with van der Waals surface area (Å²) in [4.78, 5) is 36.6. The summed E-state index contributed by atoms with van der Waals surface area (Å²) in [5, 5.41) is 8.32. The average molecular weight is 413 g/mol. The molecule has 152 valence electrons. The molecule has 0 saturated heterocycles. The van der Waals surface area contributed by atoms with Crippen molar-refractivity contribution in [2.75, 3.05) is 12.4 Å². The minimum absolute atomic E-state index is 0.0227. The lowest BCUT2D eigenvalue weighted by Crippen LogP contribution is -2.41. The molecule has 8 heteroatoms. The SMILES string of the molecule is COC(=O)c1cccc(C(=O)NC(=S)Nc2ccccc2C(=O)NC(C)(C)C)c1. The molecule has 2 aromatic carbocycles. The van der Waals surface area contributed by atoms with Gasteiger partial charge in [0, 0.05) is 11.1 Å². The highest BCUT2D eigenvalue weighted by atomic mass is 32.1. The number of hydrogen-bond donors (Lipinski definition) is 3. The molecule has 3 N–H and O–H groups in total. The van der Waals surface area contributed by atoms with E-state index >= 15 is 0 Å². The number of ether oxygens (including phenoxy) is 1. The van der Waals surface area contributed by atoms with Crippen LogP contribution in [0, 0.1) is 0 Å². The van der Waals surface area contributed by atoms with Crippen molar-refractivity contribution in [3.05, 3.63) is 65.2 Å². The van der Waals surface area contributed by atoms with Crippen LogP contribution in [0.15, 0.2) is 48.5 Å². The highest BCUT2D eigenvalue weighted by Gasteiger charge is 2.18. The second-order valence-corrected chi connectivity index (χ2v) is 7.64. The molecule has 0 atom stereocenters. The quantitative estimate of drug-likeness (QED) is 0.526. The van der Waals surface area contributed by atoms with Gasteiger partial charge in [-0.3, -0.25) is 14.9 Å². The third-order valence-corrected chi connectivity index (χ3v) is 3.89. The van der Waals surface area contributed by atoms with Crippen molar-refractivity contribution < 1.29 is 19.1 Å². The van der Waals surface area contributed by atoms with Crippen molar-refractivity contribution >= 4 is 40.8 Å². The molecular formula is C21H23N3O4S. The number of hydrogen-bond acceptors (Lipinski definition) is 5. The van der Waals surface area contributed by atoms with Crippen molar-refractivity contribution in [1.82, 2.24) is 10.6 Å². The summed E-state index contributed by atoms with van der Waals surface area (Å²) in [6.07, 6.45) is 0. The highest BCUT2D eigenvalue weighted by molar-refractivity contribution is 7.80. The maximum absolute atomic E-state index is 12.5. The van der Waals surface area contributed by atoms with Crippen LogP contribution in [0.3, 0.4) is 0 Å². The summed E-state index contributed by atoms with van der Waals surface area (Å²) in [5.74, 6) is -1.30. The van der Waals surface area contributed by atoms with Crippen LogP contribution in [-0.2, 0) is 4.74 Å². The smallest absolute Gasteiger partial charge is 0.337 e. The number of nitrogens with one attached hydrogen (secondary N) is 3. The molecule has 0 heterocycles. The van der Waals surface area contributed by atoms with Gasteiger partial charge in [-0.1, -0.05) is 18.2 Å². The second-order valence-electron chi connectivity index (χ2n) is 7.23. The molecule has 0 aliphatic rings. The molecule has 0 radical (unpaired) electrons. The van der Waals surface area contributed by atoms with Gasteiger partial charge in [0.2, 0.25) is 0 Å². The fraction of sp³-hybridized carbons (Fsp3) is 0.238. The van der Waals surface area contributed by atoms with Crippen LogP contribution in [0.4, 0.5) is 5.69 Å². The standard InChI is InChI=1S/C21H23N3O4S/c1-21(2,3)24-18(26)15-10-5-6-11-16(15)22-20(29)23-17(25)13-8-7-9-14(12-13)19(27)28-4/h5-12H,1-4H3,(H,24,26)(H2,22,23,25,29). The Balaban J connectivity index is 2.11. The van der Waals surface area contributed by atoms with Gasteiger partial charge in [-0.25, -0.2) is 4.79 Å². The van der Waals surface area contributed by atoms with Crippen molar-refractivity contribution in [2.24, 2.45) is 0 Å². The summed E-state index contributed by atoms with van der Waals surface area (Å²) in [6.45, 7) is 5.65. The molecule has 0 bridgehead atoms. The number of carbonyl (C=O) groups excluding carboxylic acids is 3. The summed E-state index contributed by atoms with van der Waals surface area (Å²) >= 11 is 5.21. The molecule has 0 aliphatic carbocycles. The van der Waals surface area contributed by atoms with Crippen molar-refractivity contribution in [2.45, 2.75) is 26.3 Å². The number of esters is 1. The Labute approximate surface area is 174 Å². The van der Waals surface area contributed by atoms with E-state index in [2.05, 4.69) is 20.7 Å². The zero-order valence-corrected chi connectivity index (χ0v) is 17.5. The lowest BCUT2D eigenvalue weighted by Gasteiger charge is -2.21. The monoisotopic (exact) mass is 413 g/mol. The third-order valence-electron chi connectivity index (χ3n) is 3.68. The molecule has 0 unspecified atom stereocenters. The number of rotatable bonds is 4. The molecule has 2 aromatic rings. The van der Waals surface area contributed by atoms with Crippen LogP contribution in [-0.4, -0.2) is 35.5 Å². The van der Waals surface area contributed by atoms with Gasteiger partial charge in [0.1, 0.15) is 0 Å². The molecule has 29 heavy (non-hydrogen) atoms. The predicted octanol–water partition coefficient (Wildman–Crippen LogP) is 3.13. The van der Waals surface area contributed by atoms with E-state index in [-0.39, 0.29) is 22.1 Å². The summed E-state index contributed by atoms with van der Waals surface area (Å²) < 4.78 is 4.65. The van der Waals surface area contributed by atoms with Crippen molar-refractivity contribution in [3.63, 3.8) is 0 Å². The number of amides is 2. The maximum Gasteiger partial charge on any atom is 0.337 e. The first-order chi connectivity index (χ1) is 13.6. The van der Waals surface area contributed by atoms with Gasteiger partial charge in [-0.15, -0.1) is 0 Å². The molecule has 7 nitrogen and oxygen atoms in total. The minimum Gasteiger partial charge on any atom is -0.465 e. The normalized spacial score (nSPS) is 10.6. The molecule has 0 aliphatic heterocycles. The molecule has 0 aromatic heterocycles. The van der Waals surface area contributed by atoms with Gasteiger partial charge in [0.25, 0.3) is 11.8 Å². The van der Waals surface area contributed by atoms with Crippen molar-refractivity contribution in [1.29, 1.82) is 0 Å². The van der Waals surface area contributed by atoms with E-state index in [9.17, 15) is 14.4 Å². The van der Waals surface area contributed by atoms with Crippen molar-refractivity contribution in [3.8, 4) is 0 Å². The Morgan fingerprint density at radius 3 is 2.24 bits per heavy atom. The van der Waals surface area contributed by atoms with Gasteiger partial charge in [-0.2, -0.15) is 0 Å². The summed E-state index contributed by atoms with van der Waals surface area (Å²) in [7, 11) is 1.27. The molecular weight excluding hydrogens is 390 g/mol. The minimum atomic E-state index is -0.542. The Hall–Kier alpha value is -3.26. The Morgan fingerprint density at radius 2 is 1.59 bits per heavy atom. The van der Waals surface area contributed by atoms with Crippen LogP contribution < -0.4 is 16.0 Å². The predicted molar refractivity (Wildman–Crippen MR) is 115 cm³/mol. The van der Waals surface area contributed by atoms with E-state index in [1.165, 1.54) is 13.2 Å². The maximum atomic E-state index is 12.5. The molecule has 0 spiro atoms. The second kappa shape index (κ2) is 9.29. The first-order valence-electron chi connectivity index (χ1n) is 8.83. The number of thiocarbonyl (C=S) groups is 1. The largest absolute Gasteiger partial charge is 0.465 e. The number of carbonyl (C=O) groups is 3. The molecule has 0 fully saturated rings.